The fourth-order valence-electron chi connectivity index (χ4n) is 2.70. The number of halogens is 2. The van der Waals surface area contributed by atoms with E-state index < -0.39 is 0 Å². The molecule has 0 bridgehead atoms. The summed E-state index contributed by atoms with van der Waals surface area (Å²) in [6.07, 6.45) is 0.921. The van der Waals surface area contributed by atoms with Crippen LogP contribution in [0.1, 0.15) is 20.3 Å². The number of hydrogen-bond donors (Lipinski definition) is 0. The molecular formula is C22H24Br2N2O4. The molecule has 2 atom stereocenters. The summed E-state index contributed by atoms with van der Waals surface area (Å²) in [5.74, 6) is 2.01. The zero-order valence-corrected chi connectivity index (χ0v) is 20.1. The van der Waals surface area contributed by atoms with E-state index in [1.807, 2.05) is 62.4 Å². The van der Waals surface area contributed by atoms with Crippen molar-refractivity contribution in [3.63, 3.8) is 0 Å². The molecule has 160 valence electrons. The number of rotatable bonds is 6. The van der Waals surface area contributed by atoms with Gasteiger partial charge < -0.3 is 19.1 Å². The van der Waals surface area contributed by atoms with Crippen molar-refractivity contribution in [2.45, 2.75) is 26.4 Å². The van der Waals surface area contributed by atoms with Crippen molar-refractivity contribution in [1.29, 1.82) is 0 Å². The normalized spacial score (nSPS) is 19.6. The Morgan fingerprint density at radius 3 is 1.90 bits per heavy atom. The minimum absolute atomic E-state index is 0.0636. The third kappa shape index (κ3) is 7.32. The molecule has 0 aliphatic carbocycles. The lowest BCUT2D eigenvalue weighted by molar-refractivity contribution is 0.0471. The fraction of sp³-hybridized carbons (Fsp3) is 0.364. The molecule has 0 fully saturated rings. The van der Waals surface area contributed by atoms with Gasteiger partial charge in [-0.2, -0.15) is 0 Å². The number of benzene rings is 2. The third-order valence-electron chi connectivity index (χ3n) is 4.47. The Labute approximate surface area is 193 Å². The van der Waals surface area contributed by atoms with Crippen LogP contribution in [0.4, 0.5) is 0 Å². The van der Waals surface area contributed by atoms with Crippen molar-refractivity contribution >= 4 is 43.3 Å². The van der Waals surface area contributed by atoms with Gasteiger partial charge in [-0.25, -0.2) is 0 Å². The minimum atomic E-state index is 0.0636. The Morgan fingerprint density at radius 1 is 0.867 bits per heavy atom. The maximum atomic E-state index is 5.63. The number of ether oxygens (including phenoxy) is 2. The van der Waals surface area contributed by atoms with Crippen LogP contribution >= 0.6 is 31.9 Å². The minimum Gasteiger partial charge on any atom is -0.493 e. The molecule has 2 unspecified atom stereocenters. The second-order valence-corrected chi connectivity index (χ2v) is 8.84. The Morgan fingerprint density at radius 2 is 1.43 bits per heavy atom. The van der Waals surface area contributed by atoms with E-state index >= 15 is 0 Å². The van der Waals surface area contributed by atoms with Crippen LogP contribution in [0.5, 0.6) is 11.5 Å². The van der Waals surface area contributed by atoms with Gasteiger partial charge >= 0.3 is 0 Å². The highest BCUT2D eigenvalue weighted by molar-refractivity contribution is 9.10. The van der Waals surface area contributed by atoms with E-state index in [1.54, 1.807) is 0 Å². The van der Waals surface area contributed by atoms with Crippen LogP contribution in [-0.4, -0.2) is 37.3 Å². The molecule has 2 aliphatic rings. The molecule has 0 N–H and O–H groups in total. The zero-order chi connectivity index (χ0) is 21.3. The Kier molecular flexibility index (Phi) is 8.57. The van der Waals surface area contributed by atoms with Gasteiger partial charge in [-0.1, -0.05) is 42.2 Å². The summed E-state index contributed by atoms with van der Waals surface area (Å²) in [7, 11) is 0. The van der Waals surface area contributed by atoms with Gasteiger partial charge in [-0.15, -0.1) is 0 Å². The van der Waals surface area contributed by atoms with Crippen molar-refractivity contribution in [3.8, 4) is 11.5 Å². The largest absolute Gasteiger partial charge is 0.493 e. The fourth-order valence-corrected chi connectivity index (χ4v) is 3.23. The van der Waals surface area contributed by atoms with Crippen molar-refractivity contribution in [3.05, 3.63) is 57.5 Å². The van der Waals surface area contributed by atoms with Crippen molar-refractivity contribution in [2.24, 2.45) is 16.2 Å². The summed E-state index contributed by atoms with van der Waals surface area (Å²) in [6, 6.07) is 15.5. The maximum absolute atomic E-state index is 5.63. The van der Waals surface area contributed by atoms with Gasteiger partial charge in [0.25, 0.3) is 0 Å². The molecule has 6 nitrogen and oxygen atoms in total. The van der Waals surface area contributed by atoms with Crippen molar-refractivity contribution < 1.29 is 19.1 Å². The molecule has 4 rings (SSSR count). The van der Waals surface area contributed by atoms with E-state index in [4.69, 9.17) is 19.1 Å². The number of hydrogen-bond acceptors (Lipinski definition) is 6. The standard InChI is InChI=1S/2C11H12BrNO2/c1-8-9(7-15-13-8)6-14-11-4-2-10(12)3-5-11;1-8-6-11(15-13-8)7-14-10-4-2-9(12)3-5-10/h2-5,9H,6-7H2,1H3;2-5,11H,6-7H2,1H3. The molecule has 0 saturated carbocycles. The van der Waals surface area contributed by atoms with Crippen LogP contribution in [0.3, 0.4) is 0 Å². The molecule has 2 aromatic carbocycles. The highest BCUT2D eigenvalue weighted by atomic mass is 79.9. The van der Waals surface area contributed by atoms with E-state index in [-0.39, 0.29) is 12.0 Å². The molecule has 2 heterocycles. The Bertz CT molecular complexity index is 870. The van der Waals surface area contributed by atoms with Gasteiger partial charge in [0.05, 0.1) is 23.9 Å². The molecule has 0 amide bonds. The zero-order valence-electron chi connectivity index (χ0n) is 16.9. The average Bonchev–Trinajstić information content (AvgIpc) is 3.35. The van der Waals surface area contributed by atoms with E-state index in [9.17, 15) is 0 Å². The first-order valence-electron chi connectivity index (χ1n) is 9.62. The van der Waals surface area contributed by atoms with Crippen LogP contribution in [0.25, 0.3) is 0 Å². The first-order chi connectivity index (χ1) is 14.5. The third-order valence-corrected chi connectivity index (χ3v) is 5.53. The van der Waals surface area contributed by atoms with Gasteiger partial charge in [0, 0.05) is 15.4 Å². The smallest absolute Gasteiger partial charge is 0.166 e. The summed E-state index contributed by atoms with van der Waals surface area (Å²) in [4.78, 5) is 10.1. The second-order valence-electron chi connectivity index (χ2n) is 7.01. The summed E-state index contributed by atoms with van der Waals surface area (Å²) in [5.41, 5.74) is 2.03. The lowest BCUT2D eigenvalue weighted by Crippen LogP contribution is -2.19. The molecule has 2 aliphatic heterocycles. The topological polar surface area (TPSA) is 61.6 Å². The van der Waals surface area contributed by atoms with Crippen molar-refractivity contribution in [1.82, 2.24) is 0 Å². The second kappa shape index (κ2) is 11.4. The molecule has 8 heteroatoms. The molecule has 0 spiro atoms. The SMILES string of the molecule is CC1=NOC(COc2ccc(Br)cc2)C1.CC1=NOCC1COc1ccc(Br)cc1. The molecule has 30 heavy (non-hydrogen) atoms. The van der Waals surface area contributed by atoms with Crippen LogP contribution in [0.2, 0.25) is 0 Å². The van der Waals surface area contributed by atoms with Gasteiger partial charge in [0.2, 0.25) is 0 Å². The highest BCUT2D eigenvalue weighted by Gasteiger charge is 2.20. The predicted molar refractivity (Wildman–Crippen MR) is 124 cm³/mol. The Hall–Kier alpha value is -2.06. The van der Waals surface area contributed by atoms with Gasteiger partial charge in [-0.05, 0) is 62.4 Å². The first-order valence-corrected chi connectivity index (χ1v) is 11.2. The van der Waals surface area contributed by atoms with E-state index in [0.717, 1.165) is 38.3 Å². The van der Waals surface area contributed by atoms with E-state index in [1.165, 1.54) is 0 Å². The summed E-state index contributed by atoms with van der Waals surface area (Å²) < 4.78 is 13.3. The lowest BCUT2D eigenvalue weighted by atomic mass is 10.1. The van der Waals surface area contributed by atoms with Gasteiger partial charge in [-0.3, -0.25) is 0 Å². The molecule has 0 aromatic heterocycles. The van der Waals surface area contributed by atoms with Crippen LogP contribution in [0.15, 0.2) is 67.8 Å². The van der Waals surface area contributed by atoms with Crippen LogP contribution < -0.4 is 9.47 Å². The van der Waals surface area contributed by atoms with Crippen molar-refractivity contribution in [2.75, 3.05) is 19.8 Å². The summed E-state index contributed by atoms with van der Waals surface area (Å²) in [6.45, 7) is 5.71. The van der Waals surface area contributed by atoms with E-state index in [0.29, 0.717) is 19.8 Å². The number of oxime groups is 2. The molecule has 0 saturated heterocycles. The molecule has 2 aromatic rings. The maximum Gasteiger partial charge on any atom is 0.166 e. The van der Waals surface area contributed by atoms with Gasteiger partial charge in [0.1, 0.15) is 24.7 Å². The average molecular weight is 540 g/mol. The first kappa shape index (κ1) is 22.6. The highest BCUT2D eigenvalue weighted by Crippen LogP contribution is 2.19. The van der Waals surface area contributed by atoms with Gasteiger partial charge in [0.15, 0.2) is 6.10 Å². The summed E-state index contributed by atoms with van der Waals surface area (Å²) >= 11 is 6.75. The predicted octanol–water partition coefficient (Wildman–Crippen LogP) is 5.84. The monoisotopic (exact) mass is 538 g/mol. The molecule has 0 radical (unpaired) electrons. The number of nitrogens with zero attached hydrogens (tertiary/aromatic N) is 2. The summed E-state index contributed by atoms with van der Waals surface area (Å²) in [5, 5.41) is 7.75. The van der Waals surface area contributed by atoms with Crippen LogP contribution in [0, 0.1) is 5.92 Å². The quantitative estimate of drug-likeness (QED) is 0.462. The molecular weight excluding hydrogens is 516 g/mol. The van der Waals surface area contributed by atoms with E-state index in [2.05, 4.69) is 42.2 Å². The van der Waals surface area contributed by atoms with Crippen LogP contribution in [-0.2, 0) is 9.68 Å². The Balaban J connectivity index is 0.000000171. The lowest BCUT2D eigenvalue weighted by Gasteiger charge is -2.10.